The number of hydrogen-bond acceptors (Lipinski definition) is 4. The van der Waals surface area contributed by atoms with Crippen LogP contribution in [0.4, 0.5) is 5.69 Å². The van der Waals surface area contributed by atoms with Crippen molar-refractivity contribution in [1.82, 2.24) is 5.32 Å². The normalized spacial score (nSPS) is 17.3. The van der Waals surface area contributed by atoms with E-state index >= 15 is 0 Å². The predicted octanol–water partition coefficient (Wildman–Crippen LogP) is 3.09. The Morgan fingerprint density at radius 1 is 1.25 bits per heavy atom. The first-order valence-electron chi connectivity index (χ1n) is 7.87. The zero-order chi connectivity index (χ0) is 17.9. The Kier molecular flexibility index (Phi) is 5.12. The largest absolute Gasteiger partial charge is 0.466 e. The first-order valence-corrected chi connectivity index (χ1v) is 7.87. The van der Waals surface area contributed by atoms with E-state index in [-0.39, 0.29) is 17.5 Å². The average Bonchev–Trinajstić information content (AvgIpc) is 2.51. The number of esters is 1. The van der Waals surface area contributed by atoms with Gasteiger partial charge in [-0.15, -0.1) is 0 Å². The lowest BCUT2D eigenvalue weighted by Crippen LogP contribution is -2.46. The number of hydrogen-bond donors (Lipinski definition) is 1. The van der Waals surface area contributed by atoms with Crippen molar-refractivity contribution in [2.75, 3.05) is 12.0 Å². The molecule has 0 saturated carbocycles. The number of carbonyl (C=O) groups excluding carboxylic acids is 2. The second-order valence-corrected chi connectivity index (χ2v) is 6.74. The van der Waals surface area contributed by atoms with Crippen molar-refractivity contribution in [3.05, 3.63) is 48.2 Å². The minimum absolute atomic E-state index is 0.0784. The molecule has 1 aliphatic heterocycles. The maximum atomic E-state index is 11.6. The highest BCUT2D eigenvalue weighted by molar-refractivity contribution is 5.87. The number of nitrogens with one attached hydrogen (secondary N) is 1. The van der Waals surface area contributed by atoms with Gasteiger partial charge in [-0.05, 0) is 23.1 Å². The van der Waals surface area contributed by atoms with Crippen molar-refractivity contribution < 1.29 is 14.3 Å². The fraction of sp³-hybridized carbons (Fsp3) is 0.368. The molecule has 1 atom stereocenters. The van der Waals surface area contributed by atoms with E-state index in [0.29, 0.717) is 0 Å². The number of para-hydroxylation sites is 1. The monoisotopic (exact) mass is 328 g/mol. The summed E-state index contributed by atoms with van der Waals surface area (Å²) in [5.74, 6) is -0.583. The second-order valence-electron chi connectivity index (χ2n) is 6.74. The zero-order valence-electron chi connectivity index (χ0n) is 14.8. The molecule has 1 N–H and O–H groups in total. The Balaban J connectivity index is 2.56. The Labute approximate surface area is 143 Å². The molecule has 128 valence electrons. The van der Waals surface area contributed by atoms with E-state index in [1.165, 1.54) is 20.1 Å². The van der Waals surface area contributed by atoms with Crippen LogP contribution in [0, 0.1) is 5.41 Å². The van der Waals surface area contributed by atoms with E-state index in [0.717, 1.165) is 16.8 Å². The van der Waals surface area contributed by atoms with E-state index in [4.69, 9.17) is 0 Å². The van der Waals surface area contributed by atoms with Gasteiger partial charge in [0.15, 0.2) is 0 Å². The SMILES string of the molecule is COC(=O)/C=C/N1c2ccccc2C(C(C)(C)C)=CC1NC(C)=O. The number of rotatable bonds is 3. The van der Waals surface area contributed by atoms with Crippen LogP contribution in [0.2, 0.25) is 0 Å². The van der Waals surface area contributed by atoms with E-state index < -0.39 is 5.97 Å². The maximum Gasteiger partial charge on any atom is 0.331 e. The zero-order valence-corrected chi connectivity index (χ0v) is 14.8. The molecule has 0 aliphatic carbocycles. The molecule has 1 heterocycles. The lowest BCUT2D eigenvalue weighted by Gasteiger charge is -2.39. The van der Waals surface area contributed by atoms with Crippen molar-refractivity contribution >= 4 is 23.1 Å². The third-order valence-corrected chi connectivity index (χ3v) is 3.83. The molecule has 1 unspecified atom stereocenters. The molecule has 0 radical (unpaired) electrons. The molecule has 24 heavy (non-hydrogen) atoms. The van der Waals surface area contributed by atoms with Crippen LogP contribution in [-0.4, -0.2) is 25.2 Å². The average molecular weight is 328 g/mol. The van der Waals surface area contributed by atoms with E-state index in [9.17, 15) is 9.59 Å². The number of allylic oxidation sites excluding steroid dienone is 1. The summed E-state index contributed by atoms with van der Waals surface area (Å²) >= 11 is 0. The predicted molar refractivity (Wildman–Crippen MR) is 95.1 cm³/mol. The van der Waals surface area contributed by atoms with Gasteiger partial charge in [-0.1, -0.05) is 39.0 Å². The quantitative estimate of drug-likeness (QED) is 0.684. The molecule has 0 saturated heterocycles. The van der Waals surface area contributed by atoms with Gasteiger partial charge in [0.2, 0.25) is 5.91 Å². The summed E-state index contributed by atoms with van der Waals surface area (Å²) < 4.78 is 4.67. The fourth-order valence-corrected chi connectivity index (χ4v) is 2.76. The number of fused-ring (bicyclic) bond motifs is 1. The summed E-state index contributed by atoms with van der Waals surface area (Å²) in [5.41, 5.74) is 3.09. The minimum Gasteiger partial charge on any atom is -0.466 e. The molecule has 1 aromatic carbocycles. The third-order valence-electron chi connectivity index (χ3n) is 3.83. The van der Waals surface area contributed by atoms with Crippen LogP contribution in [0.15, 0.2) is 42.6 Å². The van der Waals surface area contributed by atoms with Crippen molar-refractivity contribution in [3.8, 4) is 0 Å². The Hall–Kier alpha value is -2.56. The molecule has 5 heteroatoms. The number of ether oxygens (including phenoxy) is 1. The highest BCUT2D eigenvalue weighted by Crippen LogP contribution is 2.42. The standard InChI is InChI=1S/C19H24N2O3/c1-13(22)20-17-12-15(19(2,3)4)14-8-6-7-9-16(14)21(17)11-10-18(23)24-5/h6-12,17H,1-5H3,(H,20,22)/b11-10+. The number of amides is 1. The van der Waals surface area contributed by atoms with Gasteiger partial charge in [0.1, 0.15) is 6.17 Å². The van der Waals surface area contributed by atoms with Crippen LogP contribution in [0.1, 0.15) is 33.3 Å². The third kappa shape index (κ3) is 3.85. The molecular weight excluding hydrogens is 304 g/mol. The summed E-state index contributed by atoms with van der Waals surface area (Å²) in [5, 5.41) is 2.92. The van der Waals surface area contributed by atoms with Crippen LogP contribution in [0.3, 0.4) is 0 Å². The van der Waals surface area contributed by atoms with E-state index in [2.05, 4.69) is 36.9 Å². The summed E-state index contributed by atoms with van der Waals surface area (Å²) in [6, 6.07) is 7.95. The Morgan fingerprint density at radius 3 is 2.50 bits per heavy atom. The molecule has 0 fully saturated rings. The number of nitrogens with zero attached hydrogens (tertiary/aromatic N) is 1. The van der Waals surface area contributed by atoms with Gasteiger partial charge in [-0.3, -0.25) is 4.79 Å². The van der Waals surface area contributed by atoms with Crippen LogP contribution < -0.4 is 10.2 Å². The highest BCUT2D eigenvalue weighted by Gasteiger charge is 2.30. The summed E-state index contributed by atoms with van der Waals surface area (Å²) in [7, 11) is 1.33. The summed E-state index contributed by atoms with van der Waals surface area (Å²) in [4.78, 5) is 25.0. The van der Waals surface area contributed by atoms with Crippen molar-refractivity contribution in [2.24, 2.45) is 5.41 Å². The van der Waals surface area contributed by atoms with Gasteiger partial charge in [0.05, 0.1) is 12.8 Å². The number of methoxy groups -OCH3 is 1. The highest BCUT2D eigenvalue weighted by atomic mass is 16.5. The maximum absolute atomic E-state index is 11.6. The van der Waals surface area contributed by atoms with E-state index in [1.807, 2.05) is 29.2 Å². The van der Waals surface area contributed by atoms with Gasteiger partial charge >= 0.3 is 5.97 Å². The van der Waals surface area contributed by atoms with Crippen molar-refractivity contribution in [1.29, 1.82) is 0 Å². The number of carbonyl (C=O) groups is 2. The van der Waals surface area contributed by atoms with Gasteiger partial charge in [0, 0.05) is 24.8 Å². The second kappa shape index (κ2) is 6.91. The smallest absolute Gasteiger partial charge is 0.331 e. The topological polar surface area (TPSA) is 58.6 Å². The Morgan fingerprint density at radius 2 is 1.92 bits per heavy atom. The molecule has 0 bridgehead atoms. The first kappa shape index (κ1) is 17.8. The van der Waals surface area contributed by atoms with Gasteiger partial charge < -0.3 is 15.0 Å². The fourth-order valence-electron chi connectivity index (χ4n) is 2.76. The summed E-state index contributed by atoms with van der Waals surface area (Å²) in [6.45, 7) is 7.90. The molecule has 0 aromatic heterocycles. The molecule has 1 amide bonds. The Bertz CT molecular complexity index is 699. The first-order chi connectivity index (χ1) is 11.2. The summed E-state index contributed by atoms with van der Waals surface area (Å²) in [6.07, 6.45) is 4.65. The van der Waals surface area contributed by atoms with Crippen LogP contribution >= 0.6 is 0 Å². The molecule has 1 aliphatic rings. The van der Waals surface area contributed by atoms with Gasteiger partial charge in [0.25, 0.3) is 0 Å². The number of anilines is 1. The molecule has 0 spiro atoms. The molecule has 1 aromatic rings. The lowest BCUT2D eigenvalue weighted by atomic mass is 9.79. The molecule has 2 rings (SSSR count). The van der Waals surface area contributed by atoms with Gasteiger partial charge in [-0.2, -0.15) is 0 Å². The number of benzene rings is 1. The molecule has 5 nitrogen and oxygen atoms in total. The van der Waals surface area contributed by atoms with Gasteiger partial charge in [-0.25, -0.2) is 4.79 Å². The van der Waals surface area contributed by atoms with Crippen molar-refractivity contribution in [3.63, 3.8) is 0 Å². The molecular formula is C19H24N2O3. The minimum atomic E-state index is -0.445. The van der Waals surface area contributed by atoms with Crippen LogP contribution in [0.25, 0.3) is 5.57 Å². The van der Waals surface area contributed by atoms with Crippen LogP contribution in [-0.2, 0) is 14.3 Å². The lowest BCUT2D eigenvalue weighted by molar-refractivity contribution is -0.134. The van der Waals surface area contributed by atoms with E-state index in [1.54, 1.807) is 6.20 Å². The van der Waals surface area contributed by atoms with Crippen molar-refractivity contribution in [2.45, 2.75) is 33.9 Å². The van der Waals surface area contributed by atoms with Crippen LogP contribution in [0.5, 0.6) is 0 Å².